The molecule has 1 N–H and O–H groups in total. The lowest BCUT2D eigenvalue weighted by Crippen LogP contribution is -2.28. The van der Waals surface area contributed by atoms with Crippen LogP contribution in [0.3, 0.4) is 0 Å². The Bertz CT molecular complexity index is 570. The molecule has 2 atom stereocenters. The molecule has 1 aliphatic rings. The minimum Gasteiger partial charge on any atom is -0.492 e. The molecule has 1 heterocycles. The molecule has 1 aliphatic heterocycles. The number of fused-ring (bicyclic) bond motifs is 1. The molecule has 0 spiro atoms. The lowest BCUT2D eigenvalue weighted by molar-refractivity contribution is -0.126. The van der Waals surface area contributed by atoms with E-state index in [0.717, 1.165) is 17.7 Å². The second kappa shape index (κ2) is 8.02. The highest BCUT2D eigenvalue weighted by Crippen LogP contribution is 2.38. The Balaban J connectivity index is 2.10. The average Bonchev–Trinajstić information content (AvgIpc) is 2.87. The van der Waals surface area contributed by atoms with Crippen molar-refractivity contribution < 1.29 is 19.0 Å². The normalized spacial score (nSPS) is 17.1. The highest BCUT2D eigenvalue weighted by molar-refractivity contribution is 5.95. The topological polar surface area (TPSA) is 56.8 Å². The summed E-state index contributed by atoms with van der Waals surface area (Å²) in [6, 6.07) is 3.78. The molecule has 1 amide bonds. The number of rotatable bonds is 8. The molecule has 1 aromatic carbocycles. The largest absolute Gasteiger partial charge is 0.492 e. The van der Waals surface area contributed by atoms with Gasteiger partial charge in [0.15, 0.2) is 0 Å². The van der Waals surface area contributed by atoms with E-state index in [1.807, 2.05) is 26.0 Å². The second-order valence-corrected chi connectivity index (χ2v) is 5.60. The van der Waals surface area contributed by atoms with Crippen molar-refractivity contribution in [3.8, 4) is 11.5 Å². The van der Waals surface area contributed by atoms with E-state index >= 15 is 0 Å². The van der Waals surface area contributed by atoms with Gasteiger partial charge in [-0.05, 0) is 33.3 Å². The maximum atomic E-state index is 12.3. The van der Waals surface area contributed by atoms with Crippen LogP contribution in [0.1, 0.15) is 32.8 Å². The first-order chi connectivity index (χ1) is 11.0. The smallest absolute Gasteiger partial charge is 0.253 e. The molecule has 23 heavy (non-hydrogen) atoms. The third-order valence-electron chi connectivity index (χ3n) is 3.61. The van der Waals surface area contributed by atoms with Gasteiger partial charge in [-0.25, -0.2) is 0 Å². The van der Waals surface area contributed by atoms with Gasteiger partial charge in [-0.3, -0.25) is 4.79 Å². The van der Waals surface area contributed by atoms with Gasteiger partial charge in [0.05, 0.1) is 18.9 Å². The fourth-order valence-electron chi connectivity index (χ4n) is 2.45. The maximum Gasteiger partial charge on any atom is 0.253 e. The van der Waals surface area contributed by atoms with Crippen molar-refractivity contribution in [1.29, 1.82) is 0 Å². The zero-order valence-electron chi connectivity index (χ0n) is 14.1. The van der Waals surface area contributed by atoms with Crippen molar-refractivity contribution in [3.05, 3.63) is 30.4 Å². The molecule has 126 valence electrons. The first kappa shape index (κ1) is 17.3. The van der Waals surface area contributed by atoms with Crippen molar-refractivity contribution >= 4 is 11.6 Å². The molecule has 0 saturated heterocycles. The van der Waals surface area contributed by atoms with Crippen molar-refractivity contribution in [1.82, 2.24) is 0 Å². The van der Waals surface area contributed by atoms with Crippen LogP contribution in [-0.4, -0.2) is 31.3 Å². The summed E-state index contributed by atoms with van der Waals surface area (Å²) in [5.41, 5.74) is 1.72. The maximum absolute atomic E-state index is 12.3. The molecule has 0 aliphatic carbocycles. The monoisotopic (exact) mass is 319 g/mol. The van der Waals surface area contributed by atoms with Crippen LogP contribution >= 0.6 is 0 Å². The molecule has 5 nitrogen and oxygen atoms in total. The summed E-state index contributed by atoms with van der Waals surface area (Å²) in [6.45, 7) is 10.3. The molecular weight excluding hydrogens is 294 g/mol. The molecule has 1 aromatic rings. The van der Waals surface area contributed by atoms with E-state index in [1.165, 1.54) is 0 Å². The Kier molecular flexibility index (Phi) is 6.04. The van der Waals surface area contributed by atoms with Gasteiger partial charge in [0.25, 0.3) is 5.91 Å². The molecule has 0 aromatic heterocycles. The van der Waals surface area contributed by atoms with E-state index < -0.39 is 6.10 Å². The molecule has 0 saturated carbocycles. The Morgan fingerprint density at radius 1 is 1.57 bits per heavy atom. The number of hydrogen-bond donors (Lipinski definition) is 1. The molecular formula is C18H25NO4. The first-order valence-corrected chi connectivity index (χ1v) is 8.04. The quantitative estimate of drug-likeness (QED) is 0.590. The zero-order chi connectivity index (χ0) is 16.8. The van der Waals surface area contributed by atoms with Crippen molar-refractivity contribution in [2.24, 2.45) is 0 Å². The number of carbonyl (C=O) groups excluding carboxylic acids is 1. The Morgan fingerprint density at radius 3 is 3.04 bits per heavy atom. The van der Waals surface area contributed by atoms with Crippen LogP contribution in [0.25, 0.3) is 0 Å². The summed E-state index contributed by atoms with van der Waals surface area (Å²) in [7, 11) is 0. The molecule has 5 heteroatoms. The van der Waals surface area contributed by atoms with Crippen LogP contribution in [0.4, 0.5) is 5.69 Å². The zero-order valence-corrected chi connectivity index (χ0v) is 14.1. The van der Waals surface area contributed by atoms with Crippen molar-refractivity contribution in [3.63, 3.8) is 0 Å². The third-order valence-corrected chi connectivity index (χ3v) is 3.61. The second-order valence-electron chi connectivity index (χ2n) is 5.60. The highest BCUT2D eigenvalue weighted by Gasteiger charge is 2.23. The summed E-state index contributed by atoms with van der Waals surface area (Å²) >= 11 is 0. The number of ether oxygens (including phenoxy) is 3. The van der Waals surface area contributed by atoms with E-state index in [4.69, 9.17) is 14.2 Å². The number of amides is 1. The molecule has 0 fully saturated rings. The summed E-state index contributed by atoms with van der Waals surface area (Å²) < 4.78 is 16.9. The minimum atomic E-state index is -0.544. The van der Waals surface area contributed by atoms with Crippen LogP contribution in [0, 0.1) is 0 Å². The van der Waals surface area contributed by atoms with Crippen LogP contribution < -0.4 is 14.8 Å². The van der Waals surface area contributed by atoms with Gasteiger partial charge in [-0.15, -0.1) is 6.58 Å². The van der Waals surface area contributed by atoms with Crippen LogP contribution in [0.2, 0.25) is 0 Å². The predicted octanol–water partition coefficient (Wildman–Crippen LogP) is 3.33. The SMILES string of the molecule is C=CCCOC(C)C(=O)Nc1cc2c(cc1OCC)CC(C)O2. The van der Waals surface area contributed by atoms with Gasteiger partial charge in [0.1, 0.15) is 23.7 Å². The Morgan fingerprint density at radius 2 is 2.35 bits per heavy atom. The van der Waals surface area contributed by atoms with Crippen LogP contribution in [0.5, 0.6) is 11.5 Å². The van der Waals surface area contributed by atoms with E-state index in [9.17, 15) is 4.79 Å². The summed E-state index contributed by atoms with van der Waals surface area (Å²) in [5.74, 6) is 1.26. The first-order valence-electron chi connectivity index (χ1n) is 8.04. The van der Waals surface area contributed by atoms with E-state index in [-0.39, 0.29) is 12.0 Å². The van der Waals surface area contributed by atoms with Gasteiger partial charge >= 0.3 is 0 Å². The third kappa shape index (κ3) is 4.48. The van der Waals surface area contributed by atoms with E-state index in [0.29, 0.717) is 31.1 Å². The number of benzene rings is 1. The fourth-order valence-corrected chi connectivity index (χ4v) is 2.45. The van der Waals surface area contributed by atoms with E-state index in [2.05, 4.69) is 11.9 Å². The fraction of sp³-hybridized carbons (Fsp3) is 0.500. The summed E-state index contributed by atoms with van der Waals surface area (Å²) in [5, 5.41) is 2.87. The van der Waals surface area contributed by atoms with Crippen LogP contribution in [0.15, 0.2) is 24.8 Å². The molecule has 2 rings (SSSR count). The average molecular weight is 319 g/mol. The van der Waals surface area contributed by atoms with Gasteiger partial charge in [0.2, 0.25) is 0 Å². The molecule has 0 radical (unpaired) electrons. The van der Waals surface area contributed by atoms with Crippen LogP contribution in [-0.2, 0) is 16.0 Å². The number of anilines is 1. The van der Waals surface area contributed by atoms with Gasteiger partial charge < -0.3 is 19.5 Å². The Hall–Kier alpha value is -2.01. The highest BCUT2D eigenvalue weighted by atomic mass is 16.5. The van der Waals surface area contributed by atoms with Gasteiger partial charge in [-0.1, -0.05) is 6.08 Å². The van der Waals surface area contributed by atoms with Crippen molar-refractivity contribution in [2.45, 2.75) is 45.8 Å². The standard InChI is InChI=1S/C18H25NO4/c1-5-7-8-22-13(4)18(20)19-15-11-16-14(9-12(3)23-16)10-17(15)21-6-2/h5,10-13H,1,6-9H2,2-4H3,(H,19,20). The summed E-state index contributed by atoms with van der Waals surface area (Å²) in [4.78, 5) is 12.3. The van der Waals surface area contributed by atoms with Gasteiger partial charge in [-0.2, -0.15) is 0 Å². The number of nitrogens with one attached hydrogen (secondary N) is 1. The van der Waals surface area contributed by atoms with Crippen molar-refractivity contribution in [2.75, 3.05) is 18.5 Å². The minimum absolute atomic E-state index is 0.145. The predicted molar refractivity (Wildman–Crippen MR) is 90.3 cm³/mol. The van der Waals surface area contributed by atoms with Gasteiger partial charge in [0, 0.05) is 18.1 Å². The molecule has 0 bridgehead atoms. The summed E-state index contributed by atoms with van der Waals surface area (Å²) in [6.07, 6.45) is 2.93. The lowest BCUT2D eigenvalue weighted by Gasteiger charge is -2.16. The Labute approximate surface area is 137 Å². The number of carbonyl (C=O) groups is 1. The lowest BCUT2D eigenvalue weighted by atomic mass is 10.1. The number of hydrogen-bond acceptors (Lipinski definition) is 4. The van der Waals surface area contributed by atoms with E-state index in [1.54, 1.807) is 13.0 Å². The molecule has 2 unspecified atom stereocenters.